The monoisotopic (exact) mass is 326 g/mol. The predicted octanol–water partition coefficient (Wildman–Crippen LogP) is 2.09. The van der Waals surface area contributed by atoms with Gasteiger partial charge in [0, 0.05) is 29.7 Å². The van der Waals surface area contributed by atoms with Crippen LogP contribution in [0.25, 0.3) is 22.2 Å². The molecule has 4 rings (SSSR count). The molecule has 0 bridgehead atoms. The Labute approximate surface area is 141 Å². The first-order valence-corrected chi connectivity index (χ1v) is 7.70. The fourth-order valence-electron chi connectivity index (χ4n) is 2.98. The van der Waals surface area contributed by atoms with Crippen molar-refractivity contribution in [3.8, 4) is 11.3 Å². The van der Waals surface area contributed by atoms with Crippen LogP contribution in [0.15, 0.2) is 60.7 Å². The minimum atomic E-state index is 0. The third-order valence-corrected chi connectivity index (χ3v) is 4.12. The van der Waals surface area contributed by atoms with Gasteiger partial charge in [-0.05, 0) is 12.1 Å². The van der Waals surface area contributed by atoms with Gasteiger partial charge in [0.15, 0.2) is 0 Å². The summed E-state index contributed by atoms with van der Waals surface area (Å²) in [6.45, 7) is 3.44. The van der Waals surface area contributed by atoms with Crippen molar-refractivity contribution in [2.24, 2.45) is 0 Å². The van der Waals surface area contributed by atoms with Crippen LogP contribution in [-0.4, -0.2) is 42.2 Å². The quantitative estimate of drug-likeness (QED) is 0.722. The van der Waals surface area contributed by atoms with Crippen LogP contribution in [0, 0.1) is 0 Å². The molecule has 4 N–H and O–H groups in total. The fraction of sp³-hybridized carbons (Fsp3) is 0.211. The molecule has 0 saturated carbocycles. The van der Waals surface area contributed by atoms with Gasteiger partial charge in [-0.3, -0.25) is 0 Å². The minimum absolute atomic E-state index is 0. The fourth-order valence-corrected chi connectivity index (χ4v) is 2.98. The van der Waals surface area contributed by atoms with Crippen molar-refractivity contribution < 1.29 is 15.7 Å². The Kier molecular flexibility index (Phi) is 5.87. The lowest BCUT2D eigenvalue weighted by Crippen LogP contribution is -2.36. The smallest absolute Gasteiger partial charge is 0.0730 e. The highest BCUT2D eigenvalue weighted by atomic mass is 16.5. The number of morpholine rings is 1. The lowest BCUT2D eigenvalue weighted by atomic mass is 10.1. The molecule has 0 spiro atoms. The molecule has 0 aliphatic carbocycles. The molecule has 1 fully saturated rings. The Morgan fingerprint density at radius 1 is 0.833 bits per heavy atom. The number of fused-ring (bicyclic) bond motifs is 1. The molecule has 0 atom stereocenters. The Hall–Kier alpha value is -2.47. The summed E-state index contributed by atoms with van der Waals surface area (Å²) in [4.78, 5) is 7.25. The maximum atomic E-state index is 5.49. The first-order chi connectivity index (χ1) is 10.9. The van der Waals surface area contributed by atoms with E-state index in [-0.39, 0.29) is 11.0 Å². The molecular formula is C19H22N2O3. The summed E-state index contributed by atoms with van der Waals surface area (Å²) < 4.78 is 5.49. The average molecular weight is 326 g/mol. The topological polar surface area (TPSA) is 88.4 Å². The number of para-hydroxylation sites is 1. The van der Waals surface area contributed by atoms with Crippen LogP contribution in [0.3, 0.4) is 0 Å². The summed E-state index contributed by atoms with van der Waals surface area (Å²) in [5.74, 6) is 0. The van der Waals surface area contributed by atoms with Crippen molar-refractivity contribution in [1.29, 1.82) is 0 Å². The van der Waals surface area contributed by atoms with E-state index in [2.05, 4.69) is 53.4 Å². The number of rotatable bonds is 2. The maximum Gasteiger partial charge on any atom is 0.0730 e. The van der Waals surface area contributed by atoms with Gasteiger partial charge in [0.2, 0.25) is 0 Å². The molecular weight excluding hydrogens is 304 g/mol. The lowest BCUT2D eigenvalue weighted by molar-refractivity contribution is 0.123. The van der Waals surface area contributed by atoms with Crippen LogP contribution >= 0.6 is 0 Å². The van der Waals surface area contributed by atoms with Gasteiger partial charge < -0.3 is 20.6 Å². The van der Waals surface area contributed by atoms with E-state index in [4.69, 9.17) is 9.72 Å². The second kappa shape index (κ2) is 7.88. The third kappa shape index (κ3) is 3.38. The number of hydrogen-bond donors (Lipinski definition) is 0. The van der Waals surface area contributed by atoms with Crippen molar-refractivity contribution in [2.45, 2.75) is 0 Å². The summed E-state index contributed by atoms with van der Waals surface area (Å²) in [6, 6.07) is 21.0. The van der Waals surface area contributed by atoms with Crippen molar-refractivity contribution in [1.82, 2.24) is 4.98 Å². The van der Waals surface area contributed by atoms with Gasteiger partial charge in [0.05, 0.1) is 24.4 Å². The Morgan fingerprint density at radius 3 is 2.25 bits per heavy atom. The molecule has 1 aromatic heterocycles. The number of nitrogens with zero attached hydrogens (tertiary/aromatic N) is 2. The first-order valence-electron chi connectivity index (χ1n) is 7.70. The second-order valence-electron chi connectivity index (χ2n) is 5.51. The number of pyridine rings is 1. The van der Waals surface area contributed by atoms with E-state index in [1.807, 2.05) is 12.1 Å². The zero-order chi connectivity index (χ0) is 14.8. The molecule has 126 valence electrons. The molecule has 24 heavy (non-hydrogen) atoms. The molecule has 1 aliphatic heterocycles. The summed E-state index contributed by atoms with van der Waals surface area (Å²) in [6.07, 6.45) is 0. The summed E-state index contributed by atoms with van der Waals surface area (Å²) in [5.41, 5.74) is 4.49. The molecule has 1 aliphatic rings. The Morgan fingerprint density at radius 2 is 1.50 bits per heavy atom. The van der Waals surface area contributed by atoms with Crippen LogP contribution in [0.5, 0.6) is 0 Å². The number of aromatic nitrogens is 1. The highest BCUT2D eigenvalue weighted by Crippen LogP contribution is 2.31. The third-order valence-electron chi connectivity index (χ3n) is 4.12. The van der Waals surface area contributed by atoms with Crippen LogP contribution in [0.4, 0.5) is 5.69 Å². The molecule has 5 heteroatoms. The summed E-state index contributed by atoms with van der Waals surface area (Å²) in [7, 11) is 0. The van der Waals surface area contributed by atoms with Gasteiger partial charge in [-0.2, -0.15) is 0 Å². The molecule has 0 unspecified atom stereocenters. The van der Waals surface area contributed by atoms with E-state index in [0.29, 0.717) is 0 Å². The van der Waals surface area contributed by atoms with E-state index in [0.717, 1.165) is 43.1 Å². The molecule has 3 aromatic rings. The largest absolute Gasteiger partial charge is 0.412 e. The van der Waals surface area contributed by atoms with Gasteiger partial charge in [-0.15, -0.1) is 0 Å². The number of hydrogen-bond acceptors (Lipinski definition) is 3. The van der Waals surface area contributed by atoms with Crippen molar-refractivity contribution in [3.63, 3.8) is 0 Å². The van der Waals surface area contributed by atoms with E-state index in [9.17, 15) is 0 Å². The SMILES string of the molecule is O.O.c1ccc(-c2cc(N3CCOCC3)c3ccccc3n2)cc1. The maximum absolute atomic E-state index is 5.49. The Balaban J connectivity index is 0.00000104. The number of ether oxygens (including phenoxy) is 1. The summed E-state index contributed by atoms with van der Waals surface area (Å²) in [5, 5.41) is 1.21. The normalized spacial score (nSPS) is 13.9. The van der Waals surface area contributed by atoms with Crippen LogP contribution in [0.2, 0.25) is 0 Å². The first kappa shape index (κ1) is 17.9. The average Bonchev–Trinajstić information content (AvgIpc) is 2.62. The van der Waals surface area contributed by atoms with Gasteiger partial charge in [-0.25, -0.2) is 4.98 Å². The highest BCUT2D eigenvalue weighted by molar-refractivity contribution is 5.94. The van der Waals surface area contributed by atoms with Crippen molar-refractivity contribution in [2.75, 3.05) is 31.2 Å². The van der Waals surface area contributed by atoms with Crippen LogP contribution in [0.1, 0.15) is 0 Å². The van der Waals surface area contributed by atoms with E-state index in [1.54, 1.807) is 0 Å². The molecule has 2 heterocycles. The molecule has 1 saturated heterocycles. The molecule has 0 radical (unpaired) electrons. The number of anilines is 1. The van der Waals surface area contributed by atoms with Crippen molar-refractivity contribution in [3.05, 3.63) is 60.7 Å². The minimum Gasteiger partial charge on any atom is -0.412 e. The molecule has 5 nitrogen and oxygen atoms in total. The van der Waals surface area contributed by atoms with Gasteiger partial charge in [0.25, 0.3) is 0 Å². The zero-order valence-electron chi connectivity index (χ0n) is 13.4. The zero-order valence-corrected chi connectivity index (χ0v) is 13.4. The van der Waals surface area contributed by atoms with Crippen LogP contribution < -0.4 is 4.90 Å². The van der Waals surface area contributed by atoms with Crippen molar-refractivity contribution >= 4 is 16.6 Å². The number of benzene rings is 2. The standard InChI is InChI=1S/C19H18N2O.2H2O/c1-2-6-15(7-3-1)18-14-19(21-10-12-22-13-11-21)16-8-4-5-9-17(16)20-18;;/h1-9,14H,10-13H2;2*1H2. The van der Waals surface area contributed by atoms with E-state index in [1.165, 1.54) is 11.1 Å². The van der Waals surface area contributed by atoms with Crippen LogP contribution in [-0.2, 0) is 4.74 Å². The van der Waals surface area contributed by atoms with E-state index < -0.39 is 0 Å². The second-order valence-corrected chi connectivity index (χ2v) is 5.51. The van der Waals surface area contributed by atoms with Gasteiger partial charge in [0.1, 0.15) is 0 Å². The predicted molar refractivity (Wildman–Crippen MR) is 97.4 cm³/mol. The molecule has 2 aromatic carbocycles. The Bertz CT molecular complexity index is 787. The van der Waals surface area contributed by atoms with E-state index >= 15 is 0 Å². The highest BCUT2D eigenvalue weighted by Gasteiger charge is 2.16. The molecule has 0 amide bonds. The van der Waals surface area contributed by atoms with Gasteiger partial charge in [-0.1, -0.05) is 48.5 Å². The summed E-state index contributed by atoms with van der Waals surface area (Å²) >= 11 is 0. The van der Waals surface area contributed by atoms with Gasteiger partial charge >= 0.3 is 0 Å². The lowest BCUT2D eigenvalue weighted by Gasteiger charge is -2.30.